The summed E-state index contributed by atoms with van der Waals surface area (Å²) in [5.41, 5.74) is 1.11. The molecule has 0 spiro atoms. The van der Waals surface area contributed by atoms with E-state index in [-0.39, 0.29) is 5.91 Å². The van der Waals surface area contributed by atoms with Gasteiger partial charge in [-0.1, -0.05) is 35.3 Å². The zero-order valence-electron chi connectivity index (χ0n) is 16.9. The number of oxazole rings is 1. The monoisotopic (exact) mass is 596 g/mol. The van der Waals surface area contributed by atoms with Gasteiger partial charge in [-0.3, -0.25) is 4.79 Å². The predicted octanol–water partition coefficient (Wildman–Crippen LogP) is 8.12. The van der Waals surface area contributed by atoms with Gasteiger partial charge in [0.15, 0.2) is 11.2 Å². The van der Waals surface area contributed by atoms with E-state index in [0.29, 0.717) is 53.0 Å². The van der Waals surface area contributed by atoms with Crippen molar-refractivity contribution in [1.29, 1.82) is 0 Å². The highest BCUT2D eigenvalue weighted by Gasteiger charge is 2.31. The molecule has 0 aliphatic carbocycles. The van der Waals surface area contributed by atoms with Gasteiger partial charge in [0.1, 0.15) is 11.3 Å². The van der Waals surface area contributed by atoms with E-state index < -0.39 is 5.60 Å². The first kappa shape index (κ1) is 23.1. The van der Waals surface area contributed by atoms with Gasteiger partial charge in [-0.25, -0.2) is 4.98 Å². The summed E-state index contributed by atoms with van der Waals surface area (Å²) >= 11 is 19.3. The fraction of sp³-hybridized carbons (Fsp3) is 0.130. The van der Waals surface area contributed by atoms with Crippen molar-refractivity contribution >= 4 is 77.8 Å². The van der Waals surface area contributed by atoms with Gasteiger partial charge in [0.05, 0.1) is 20.7 Å². The lowest BCUT2D eigenvalue weighted by atomic mass is 10.1. The third kappa shape index (κ3) is 4.66. The van der Waals surface area contributed by atoms with Crippen molar-refractivity contribution in [3.63, 3.8) is 0 Å². The molecule has 4 rings (SSSR count). The first-order chi connectivity index (χ1) is 15.2. The van der Waals surface area contributed by atoms with E-state index in [4.69, 9.17) is 32.4 Å². The number of fused-ring (bicyclic) bond motifs is 1. The number of carbonyl (C=O) groups excluding carboxylic acids is 1. The van der Waals surface area contributed by atoms with Crippen LogP contribution < -0.4 is 10.1 Å². The summed E-state index contributed by atoms with van der Waals surface area (Å²) in [6, 6.07) is 15.9. The maximum atomic E-state index is 13.1. The number of nitrogens with one attached hydrogen (secondary N) is 1. The summed E-state index contributed by atoms with van der Waals surface area (Å²) in [6.45, 7) is 3.37. The molecule has 0 aliphatic heterocycles. The minimum Gasteiger partial charge on any atom is -0.478 e. The Labute approximate surface area is 211 Å². The molecule has 1 amide bonds. The molecule has 0 saturated heterocycles. The van der Waals surface area contributed by atoms with Crippen molar-refractivity contribution in [2.45, 2.75) is 19.4 Å². The standard InChI is InChI=1S/C23H16Br2Cl2N2O3/c1-23(2,32-13-9-7-12(26)8-10-13)22(30)29-19-15(24)11-17-20(18(19)25)28-21(31-17)14-5-3-4-6-16(14)27/h3-11H,1-2H3,(H,29,30). The van der Waals surface area contributed by atoms with Crippen LogP contribution in [0.1, 0.15) is 13.8 Å². The molecule has 5 nitrogen and oxygen atoms in total. The number of rotatable bonds is 5. The fourth-order valence-electron chi connectivity index (χ4n) is 2.97. The Morgan fingerprint density at radius 1 is 1.09 bits per heavy atom. The topological polar surface area (TPSA) is 64.4 Å². The Bertz CT molecular complexity index is 1320. The molecular formula is C23H16Br2Cl2N2O3. The Morgan fingerprint density at radius 3 is 2.47 bits per heavy atom. The van der Waals surface area contributed by atoms with Crippen LogP contribution in [0.5, 0.6) is 5.75 Å². The second kappa shape index (κ2) is 9.06. The first-order valence-electron chi connectivity index (χ1n) is 9.45. The predicted molar refractivity (Wildman–Crippen MR) is 135 cm³/mol. The van der Waals surface area contributed by atoms with E-state index in [1.165, 1.54) is 0 Å². The van der Waals surface area contributed by atoms with Gasteiger partial charge in [-0.05, 0) is 88.2 Å². The first-order valence-corrected chi connectivity index (χ1v) is 11.8. The summed E-state index contributed by atoms with van der Waals surface area (Å²) in [7, 11) is 0. The summed E-state index contributed by atoms with van der Waals surface area (Å²) in [6.07, 6.45) is 0. The smallest absolute Gasteiger partial charge is 0.268 e. The molecule has 4 aromatic rings. The Balaban J connectivity index is 1.64. The molecule has 0 bridgehead atoms. The van der Waals surface area contributed by atoms with Gasteiger partial charge in [0.25, 0.3) is 5.91 Å². The minimum absolute atomic E-state index is 0.344. The highest BCUT2D eigenvalue weighted by atomic mass is 79.9. The second-order valence-corrected chi connectivity index (χ2v) is 9.90. The van der Waals surface area contributed by atoms with Gasteiger partial charge in [-0.15, -0.1) is 0 Å². The number of ether oxygens (including phenoxy) is 1. The molecule has 1 heterocycles. The third-order valence-electron chi connectivity index (χ3n) is 4.65. The number of benzene rings is 3. The molecule has 1 N–H and O–H groups in total. The Morgan fingerprint density at radius 2 is 1.78 bits per heavy atom. The number of nitrogens with zero attached hydrogens (tertiary/aromatic N) is 1. The number of anilines is 1. The van der Waals surface area contributed by atoms with Crippen molar-refractivity contribution in [3.8, 4) is 17.2 Å². The van der Waals surface area contributed by atoms with Gasteiger partial charge >= 0.3 is 0 Å². The zero-order chi connectivity index (χ0) is 23.0. The van der Waals surface area contributed by atoms with E-state index in [9.17, 15) is 4.79 Å². The minimum atomic E-state index is -1.16. The van der Waals surface area contributed by atoms with Gasteiger partial charge in [0.2, 0.25) is 5.89 Å². The number of amides is 1. The van der Waals surface area contributed by atoms with E-state index in [1.807, 2.05) is 18.2 Å². The maximum absolute atomic E-state index is 13.1. The van der Waals surface area contributed by atoms with Crippen LogP contribution in [0.15, 0.2) is 68.0 Å². The fourth-order valence-corrected chi connectivity index (χ4v) is 4.68. The van der Waals surface area contributed by atoms with Crippen LogP contribution in [0, 0.1) is 0 Å². The van der Waals surface area contributed by atoms with Crippen LogP contribution in [0.2, 0.25) is 10.0 Å². The van der Waals surface area contributed by atoms with Gasteiger partial charge < -0.3 is 14.5 Å². The SMILES string of the molecule is CC(C)(Oc1ccc(Cl)cc1)C(=O)Nc1c(Br)cc2oc(-c3ccccc3Cl)nc2c1Br. The number of hydrogen-bond acceptors (Lipinski definition) is 4. The van der Waals surface area contributed by atoms with E-state index in [0.717, 1.165) is 0 Å². The third-order valence-corrected chi connectivity index (χ3v) is 6.63. The van der Waals surface area contributed by atoms with Crippen LogP contribution in [-0.2, 0) is 4.79 Å². The molecule has 1 aromatic heterocycles. The van der Waals surface area contributed by atoms with E-state index >= 15 is 0 Å². The van der Waals surface area contributed by atoms with Crippen molar-refractivity contribution in [3.05, 3.63) is 73.6 Å². The van der Waals surface area contributed by atoms with Gasteiger partial charge in [-0.2, -0.15) is 0 Å². The van der Waals surface area contributed by atoms with Crippen LogP contribution in [-0.4, -0.2) is 16.5 Å². The summed E-state index contributed by atoms with van der Waals surface area (Å²) in [4.78, 5) is 17.6. The van der Waals surface area contributed by atoms with E-state index in [2.05, 4.69) is 42.2 Å². The van der Waals surface area contributed by atoms with Crippen molar-refractivity contribution in [1.82, 2.24) is 4.98 Å². The molecule has 0 saturated carbocycles. The Hall–Kier alpha value is -2.06. The molecule has 32 heavy (non-hydrogen) atoms. The average molecular weight is 599 g/mol. The normalized spacial score (nSPS) is 11.6. The van der Waals surface area contributed by atoms with Crippen molar-refractivity contribution in [2.24, 2.45) is 0 Å². The number of halogens is 4. The Kier molecular flexibility index (Phi) is 6.54. The van der Waals surface area contributed by atoms with E-state index in [1.54, 1.807) is 50.2 Å². The lowest BCUT2D eigenvalue weighted by Gasteiger charge is -2.26. The molecule has 0 radical (unpaired) electrons. The summed E-state index contributed by atoms with van der Waals surface area (Å²) in [5, 5.41) is 4.03. The largest absolute Gasteiger partial charge is 0.478 e. The summed E-state index contributed by atoms with van der Waals surface area (Å²) < 4.78 is 13.0. The molecule has 3 aromatic carbocycles. The zero-order valence-corrected chi connectivity index (χ0v) is 21.6. The van der Waals surface area contributed by atoms with Crippen molar-refractivity contribution < 1.29 is 13.9 Å². The van der Waals surface area contributed by atoms with Gasteiger partial charge in [0, 0.05) is 9.50 Å². The molecule has 0 aliphatic rings. The van der Waals surface area contributed by atoms with Crippen LogP contribution in [0.4, 0.5) is 5.69 Å². The lowest BCUT2D eigenvalue weighted by Crippen LogP contribution is -2.42. The number of hydrogen-bond donors (Lipinski definition) is 1. The van der Waals surface area contributed by atoms with Crippen LogP contribution in [0.25, 0.3) is 22.6 Å². The molecule has 9 heteroatoms. The van der Waals surface area contributed by atoms with Crippen molar-refractivity contribution in [2.75, 3.05) is 5.32 Å². The molecule has 0 unspecified atom stereocenters. The van der Waals surface area contributed by atoms with Crippen LogP contribution in [0.3, 0.4) is 0 Å². The lowest BCUT2D eigenvalue weighted by molar-refractivity contribution is -0.128. The maximum Gasteiger partial charge on any atom is 0.268 e. The molecule has 0 fully saturated rings. The molecule has 0 atom stereocenters. The highest BCUT2D eigenvalue weighted by Crippen LogP contribution is 2.40. The number of carbonyl (C=O) groups is 1. The van der Waals surface area contributed by atoms with Crippen LogP contribution >= 0.6 is 55.1 Å². The highest BCUT2D eigenvalue weighted by molar-refractivity contribution is 9.11. The average Bonchev–Trinajstić information content (AvgIpc) is 3.16. The molecular weight excluding hydrogens is 583 g/mol. The number of aromatic nitrogens is 1. The summed E-state index contributed by atoms with van der Waals surface area (Å²) in [5.74, 6) is 0.570. The quantitative estimate of drug-likeness (QED) is 0.252. The second-order valence-electron chi connectivity index (χ2n) is 7.41. The molecule has 164 valence electrons.